The van der Waals surface area contributed by atoms with Crippen LogP contribution in [0.1, 0.15) is 0 Å². The molecule has 0 bridgehead atoms. The summed E-state index contributed by atoms with van der Waals surface area (Å²) in [6.07, 6.45) is 0. The van der Waals surface area contributed by atoms with E-state index in [0.29, 0.717) is 0 Å². The third-order valence-corrected chi connectivity index (χ3v) is 18.4. The summed E-state index contributed by atoms with van der Waals surface area (Å²) in [7, 11) is 6.15. The van der Waals surface area contributed by atoms with Gasteiger partial charge in [0.05, 0.1) is 0 Å². The molecule has 0 fully saturated rings. The van der Waals surface area contributed by atoms with Crippen LogP contribution < -0.4 is 0 Å². The van der Waals surface area contributed by atoms with Crippen LogP contribution in [0.15, 0.2) is 106 Å². The molecule has 0 unspecified atom stereocenters. The van der Waals surface area contributed by atoms with Crippen molar-refractivity contribution in [2.24, 2.45) is 0 Å². The van der Waals surface area contributed by atoms with Crippen LogP contribution in [0.5, 0.6) is 0 Å². The fraction of sp³-hybridized carbons (Fsp3) is 0. The van der Waals surface area contributed by atoms with Gasteiger partial charge in [0.15, 0.2) is 0 Å². The van der Waals surface area contributed by atoms with E-state index >= 15 is 0 Å². The fourth-order valence-electron chi connectivity index (χ4n) is 1.76. The van der Waals surface area contributed by atoms with Gasteiger partial charge in [-0.2, -0.15) is 0 Å². The summed E-state index contributed by atoms with van der Waals surface area (Å²) >= 11 is -1.24. The third-order valence-electron chi connectivity index (χ3n) is 2.77. The molecule has 3 aromatic carbocycles. The first-order chi connectivity index (χ1) is 10.9. The Morgan fingerprint density at radius 1 is 0.409 bits per heavy atom. The third kappa shape index (κ3) is 5.17. The van der Waals surface area contributed by atoms with Gasteiger partial charge in [0.25, 0.3) is 0 Å². The van der Waals surface area contributed by atoms with Crippen LogP contribution >= 0.6 is 30.1 Å². The van der Waals surface area contributed by atoms with Gasteiger partial charge in [-0.05, 0) is 0 Å². The average Bonchev–Trinajstić information content (AvgIpc) is 2.57. The van der Waals surface area contributed by atoms with Gasteiger partial charge < -0.3 is 0 Å². The predicted octanol–water partition coefficient (Wildman–Crippen LogP) is 6.35. The molecule has 0 saturated carbocycles. The molecule has 0 atom stereocenters. The zero-order chi connectivity index (χ0) is 15.0. The zero-order valence-corrected chi connectivity index (χ0v) is 16.2. The van der Waals surface area contributed by atoms with Crippen LogP contribution in [0.25, 0.3) is 0 Å². The van der Waals surface area contributed by atoms with Crippen molar-refractivity contribution in [2.45, 2.75) is 14.7 Å². The van der Waals surface area contributed by atoms with Crippen molar-refractivity contribution >= 4 is 41.3 Å². The molecular formula is C18H15AsS3. The first kappa shape index (κ1) is 16.1. The molecule has 0 heterocycles. The molecule has 0 aromatic heterocycles. The second-order valence-corrected chi connectivity index (χ2v) is 20.1. The van der Waals surface area contributed by atoms with Crippen molar-refractivity contribution in [1.29, 1.82) is 0 Å². The van der Waals surface area contributed by atoms with E-state index in [-0.39, 0.29) is 0 Å². The molecule has 0 saturated heterocycles. The van der Waals surface area contributed by atoms with E-state index in [9.17, 15) is 0 Å². The number of benzene rings is 3. The summed E-state index contributed by atoms with van der Waals surface area (Å²) in [5.41, 5.74) is 0. The molecule has 110 valence electrons. The van der Waals surface area contributed by atoms with Gasteiger partial charge in [-0.3, -0.25) is 0 Å². The summed E-state index contributed by atoms with van der Waals surface area (Å²) in [5, 5.41) is 0. The molecule has 4 heteroatoms. The molecule has 0 nitrogen and oxygen atoms in total. The first-order valence-corrected chi connectivity index (χ1v) is 16.1. The first-order valence-electron chi connectivity index (χ1n) is 6.89. The fourth-order valence-corrected chi connectivity index (χ4v) is 19.3. The molecule has 0 radical (unpaired) electrons. The Bertz CT molecular complexity index is 576. The Morgan fingerprint density at radius 2 is 0.682 bits per heavy atom. The average molecular weight is 402 g/mol. The molecular weight excluding hydrogens is 387 g/mol. The van der Waals surface area contributed by atoms with E-state index in [1.165, 1.54) is 14.7 Å². The summed E-state index contributed by atoms with van der Waals surface area (Å²) in [4.78, 5) is 4.11. The van der Waals surface area contributed by atoms with Crippen molar-refractivity contribution in [3.05, 3.63) is 91.0 Å². The number of rotatable bonds is 6. The Hall–Kier alpha value is -0.732. The molecule has 3 rings (SSSR count). The second-order valence-electron chi connectivity index (χ2n) is 4.44. The van der Waals surface area contributed by atoms with Gasteiger partial charge >= 0.3 is 147 Å². The van der Waals surface area contributed by atoms with Crippen LogP contribution in [0.2, 0.25) is 0 Å². The van der Waals surface area contributed by atoms with E-state index < -0.39 is 11.2 Å². The summed E-state index contributed by atoms with van der Waals surface area (Å²) in [6, 6.07) is 32.2. The zero-order valence-electron chi connectivity index (χ0n) is 11.8. The molecule has 3 aromatic rings. The number of hydrogen-bond donors (Lipinski definition) is 0. The summed E-state index contributed by atoms with van der Waals surface area (Å²) < 4.78 is 0. The standard InChI is InChI=1S/C18H15AsS3/c1-4-10-16(11-5-1)20-19(21-17-12-6-2-7-13-17)22-18-14-8-3-9-15-18/h1-15H. The van der Waals surface area contributed by atoms with Gasteiger partial charge in [0.2, 0.25) is 0 Å². The van der Waals surface area contributed by atoms with Crippen molar-refractivity contribution in [2.75, 3.05) is 0 Å². The molecule has 0 spiro atoms. The summed E-state index contributed by atoms with van der Waals surface area (Å²) in [5.74, 6) is 0. The Balaban J connectivity index is 1.75. The molecule has 22 heavy (non-hydrogen) atoms. The van der Waals surface area contributed by atoms with Crippen molar-refractivity contribution < 1.29 is 0 Å². The summed E-state index contributed by atoms with van der Waals surface area (Å²) in [6.45, 7) is 0. The molecule has 0 aliphatic rings. The minimum absolute atomic E-state index is 1.24. The van der Waals surface area contributed by atoms with Crippen LogP contribution in [-0.4, -0.2) is 11.2 Å². The number of hydrogen-bond acceptors (Lipinski definition) is 3. The van der Waals surface area contributed by atoms with Gasteiger partial charge in [0.1, 0.15) is 0 Å². The van der Waals surface area contributed by atoms with E-state index in [0.717, 1.165) is 0 Å². The van der Waals surface area contributed by atoms with Gasteiger partial charge in [-0.25, -0.2) is 0 Å². The van der Waals surface area contributed by atoms with Gasteiger partial charge in [-0.1, -0.05) is 0 Å². The maximum absolute atomic E-state index is 2.21. The van der Waals surface area contributed by atoms with Crippen LogP contribution in [0.4, 0.5) is 0 Å². The normalized spacial score (nSPS) is 10.8. The quantitative estimate of drug-likeness (QED) is 0.441. The topological polar surface area (TPSA) is 0 Å². The van der Waals surface area contributed by atoms with Crippen molar-refractivity contribution in [3.8, 4) is 0 Å². The minimum atomic E-state index is -1.24. The molecule has 0 aliphatic heterocycles. The van der Waals surface area contributed by atoms with Crippen LogP contribution in [-0.2, 0) is 0 Å². The Labute approximate surface area is 146 Å². The molecule has 0 aliphatic carbocycles. The molecule has 0 N–H and O–H groups in total. The van der Waals surface area contributed by atoms with Gasteiger partial charge in [-0.15, -0.1) is 0 Å². The Kier molecular flexibility index (Phi) is 6.44. The van der Waals surface area contributed by atoms with Gasteiger partial charge in [0, 0.05) is 0 Å². The van der Waals surface area contributed by atoms with Crippen LogP contribution in [0, 0.1) is 0 Å². The van der Waals surface area contributed by atoms with E-state index in [2.05, 4.69) is 121 Å². The molecule has 0 amide bonds. The monoisotopic (exact) mass is 402 g/mol. The van der Waals surface area contributed by atoms with Crippen molar-refractivity contribution in [1.82, 2.24) is 0 Å². The van der Waals surface area contributed by atoms with E-state index in [1.54, 1.807) is 0 Å². The van der Waals surface area contributed by atoms with Crippen molar-refractivity contribution in [3.63, 3.8) is 0 Å². The Morgan fingerprint density at radius 3 is 0.955 bits per heavy atom. The SMILES string of the molecule is c1ccc(S[As](Sc2ccccc2)Sc2ccccc2)cc1. The predicted molar refractivity (Wildman–Crippen MR) is 103 cm³/mol. The maximum atomic E-state index is 2.21. The van der Waals surface area contributed by atoms with E-state index in [4.69, 9.17) is 0 Å². The van der Waals surface area contributed by atoms with E-state index in [1.807, 2.05) is 0 Å². The van der Waals surface area contributed by atoms with Crippen LogP contribution in [0.3, 0.4) is 0 Å². The second kappa shape index (κ2) is 8.78.